The van der Waals surface area contributed by atoms with Gasteiger partial charge < -0.3 is 15.0 Å². The van der Waals surface area contributed by atoms with Crippen LogP contribution in [0, 0.1) is 0 Å². The van der Waals surface area contributed by atoms with Crippen LogP contribution in [0.2, 0.25) is 0 Å². The van der Waals surface area contributed by atoms with E-state index in [1.807, 2.05) is 25.8 Å². The van der Waals surface area contributed by atoms with Crippen molar-refractivity contribution in [1.29, 1.82) is 0 Å². The smallest absolute Gasteiger partial charge is 0.222 e. The molecule has 0 bridgehead atoms. The molecule has 10 heteroatoms. The minimum atomic E-state index is 0. The van der Waals surface area contributed by atoms with E-state index in [9.17, 15) is 4.79 Å². The summed E-state index contributed by atoms with van der Waals surface area (Å²) in [6, 6.07) is 0. The zero-order valence-corrected chi connectivity index (χ0v) is 19.6. The first kappa shape index (κ1) is 29.1. The third kappa shape index (κ3) is 9.74. The lowest BCUT2D eigenvalue weighted by molar-refractivity contribution is -0.133. The Morgan fingerprint density at radius 3 is 2.56 bits per heavy atom. The maximum absolute atomic E-state index is 12.1. The Hall–Kier alpha value is -0.150. The van der Waals surface area contributed by atoms with E-state index in [1.165, 1.54) is 0 Å². The third-order valence-electron chi connectivity index (χ3n) is 4.26. The highest BCUT2D eigenvalue weighted by Crippen LogP contribution is 2.22. The summed E-state index contributed by atoms with van der Waals surface area (Å²) >= 11 is 1.67. The summed E-state index contributed by atoms with van der Waals surface area (Å²) in [4.78, 5) is 21.2. The Kier molecular flexibility index (Phi) is 16.9. The molecular weight excluding hydrogens is 431 g/mol. The van der Waals surface area contributed by atoms with Crippen molar-refractivity contribution in [1.82, 2.24) is 20.1 Å². The number of carbonyl (C=O) groups is 1. The second kappa shape index (κ2) is 15.7. The van der Waals surface area contributed by atoms with E-state index in [1.54, 1.807) is 11.3 Å². The topological polar surface area (TPSA) is 57.7 Å². The fourth-order valence-corrected chi connectivity index (χ4v) is 3.68. The summed E-state index contributed by atoms with van der Waals surface area (Å²) in [7, 11) is 1.92. The summed E-state index contributed by atoms with van der Waals surface area (Å²) < 4.78 is 5.60. The van der Waals surface area contributed by atoms with Crippen molar-refractivity contribution in [2.75, 3.05) is 46.4 Å². The van der Waals surface area contributed by atoms with E-state index >= 15 is 0 Å². The van der Waals surface area contributed by atoms with Crippen LogP contribution in [0.1, 0.15) is 43.5 Å². The number of carbonyl (C=O) groups excluding carboxylic acids is 1. The molecule has 0 aromatic carbocycles. The molecule has 0 spiro atoms. The SMILES string of the molecule is CCOC(C)c1nc(CN2CCN(C(=O)CCCNC)CC2)cs1.Cl.Cl.Cl. The molecule has 0 radical (unpaired) electrons. The second-order valence-electron chi connectivity index (χ2n) is 6.14. The fraction of sp³-hybridized carbons (Fsp3) is 0.765. The lowest BCUT2D eigenvalue weighted by atomic mass is 10.2. The maximum Gasteiger partial charge on any atom is 0.222 e. The van der Waals surface area contributed by atoms with Gasteiger partial charge in [0, 0.05) is 51.1 Å². The summed E-state index contributed by atoms with van der Waals surface area (Å²) in [6.45, 7) is 10.0. The van der Waals surface area contributed by atoms with E-state index in [0.29, 0.717) is 13.0 Å². The van der Waals surface area contributed by atoms with Crippen molar-refractivity contribution in [3.63, 3.8) is 0 Å². The molecule has 1 fully saturated rings. The molecule has 1 aliphatic rings. The highest BCUT2D eigenvalue weighted by molar-refractivity contribution is 7.09. The van der Waals surface area contributed by atoms with E-state index in [0.717, 1.165) is 56.4 Å². The van der Waals surface area contributed by atoms with Crippen LogP contribution >= 0.6 is 48.6 Å². The molecule has 1 aromatic heterocycles. The fourth-order valence-electron chi connectivity index (χ4n) is 2.86. The minimum Gasteiger partial charge on any atom is -0.372 e. The molecule has 1 aliphatic heterocycles. The standard InChI is InChI=1S/C17H30N4O2S.3ClH/c1-4-23-14(2)17-19-15(13-24-17)12-20-8-10-21(11-9-20)16(22)6-5-7-18-3;;;/h13-14,18H,4-12H2,1-3H3;3*1H. The number of amides is 1. The maximum atomic E-state index is 12.1. The van der Waals surface area contributed by atoms with Crippen LogP contribution in [0.25, 0.3) is 0 Å². The summed E-state index contributed by atoms with van der Waals surface area (Å²) in [6.07, 6.45) is 1.63. The van der Waals surface area contributed by atoms with E-state index in [2.05, 4.69) is 15.6 Å². The van der Waals surface area contributed by atoms with E-state index < -0.39 is 0 Å². The lowest BCUT2D eigenvalue weighted by Gasteiger charge is -2.34. The van der Waals surface area contributed by atoms with Crippen molar-refractivity contribution in [3.8, 4) is 0 Å². The van der Waals surface area contributed by atoms with Gasteiger partial charge in [0.15, 0.2) is 0 Å². The first-order valence-electron chi connectivity index (χ1n) is 8.84. The number of thiazole rings is 1. The van der Waals surface area contributed by atoms with Gasteiger partial charge in [-0.25, -0.2) is 4.98 Å². The Bertz CT molecular complexity index is 514. The molecule has 2 rings (SSSR count). The number of aromatic nitrogens is 1. The summed E-state index contributed by atoms with van der Waals surface area (Å²) in [5, 5.41) is 6.26. The van der Waals surface area contributed by atoms with Gasteiger partial charge >= 0.3 is 0 Å². The molecule has 27 heavy (non-hydrogen) atoms. The quantitative estimate of drug-likeness (QED) is 0.570. The highest BCUT2D eigenvalue weighted by atomic mass is 35.5. The first-order chi connectivity index (χ1) is 11.6. The number of nitrogens with one attached hydrogen (secondary N) is 1. The Labute approximate surface area is 185 Å². The molecule has 2 heterocycles. The van der Waals surface area contributed by atoms with Crippen molar-refractivity contribution in [2.24, 2.45) is 0 Å². The van der Waals surface area contributed by atoms with E-state index in [-0.39, 0.29) is 49.2 Å². The Morgan fingerprint density at radius 2 is 1.96 bits per heavy atom. The number of hydrogen-bond acceptors (Lipinski definition) is 6. The Morgan fingerprint density at radius 1 is 1.30 bits per heavy atom. The highest BCUT2D eigenvalue weighted by Gasteiger charge is 2.21. The molecule has 0 saturated carbocycles. The van der Waals surface area contributed by atoms with Gasteiger partial charge in [0.2, 0.25) is 5.91 Å². The van der Waals surface area contributed by atoms with E-state index in [4.69, 9.17) is 9.72 Å². The lowest BCUT2D eigenvalue weighted by Crippen LogP contribution is -2.48. The van der Waals surface area contributed by atoms with Crippen LogP contribution in [0.3, 0.4) is 0 Å². The van der Waals surface area contributed by atoms with Gasteiger partial charge in [-0.3, -0.25) is 9.69 Å². The van der Waals surface area contributed by atoms with Crippen molar-refractivity contribution in [3.05, 3.63) is 16.1 Å². The molecule has 1 aromatic rings. The molecule has 1 unspecified atom stereocenters. The average molecular weight is 464 g/mol. The van der Waals surface area contributed by atoms with Crippen LogP contribution in [0.5, 0.6) is 0 Å². The minimum absolute atomic E-state index is 0. The molecule has 6 nitrogen and oxygen atoms in total. The van der Waals surface area contributed by atoms with Crippen LogP contribution in [-0.2, 0) is 16.1 Å². The third-order valence-corrected chi connectivity index (χ3v) is 5.32. The number of piperazine rings is 1. The number of nitrogens with zero attached hydrogens (tertiary/aromatic N) is 3. The number of ether oxygens (including phenoxy) is 1. The normalized spacial score (nSPS) is 15.3. The molecule has 1 saturated heterocycles. The second-order valence-corrected chi connectivity index (χ2v) is 7.03. The molecule has 1 amide bonds. The van der Waals surface area contributed by atoms with Gasteiger partial charge in [-0.15, -0.1) is 48.6 Å². The first-order valence-corrected chi connectivity index (χ1v) is 9.72. The molecule has 1 N–H and O–H groups in total. The molecular formula is C17H33Cl3N4O2S. The average Bonchev–Trinajstić information content (AvgIpc) is 3.04. The van der Waals surface area contributed by atoms with Crippen LogP contribution in [-0.4, -0.2) is 67.1 Å². The van der Waals surface area contributed by atoms with Crippen LogP contribution in [0.15, 0.2) is 5.38 Å². The van der Waals surface area contributed by atoms with Gasteiger partial charge in [-0.05, 0) is 33.9 Å². The zero-order valence-electron chi connectivity index (χ0n) is 16.3. The largest absolute Gasteiger partial charge is 0.372 e. The predicted molar refractivity (Wildman–Crippen MR) is 119 cm³/mol. The Balaban J connectivity index is 0. The number of rotatable bonds is 9. The molecule has 160 valence electrons. The van der Waals surface area contributed by atoms with Gasteiger partial charge in [0.1, 0.15) is 11.1 Å². The van der Waals surface area contributed by atoms with Crippen molar-refractivity contribution >= 4 is 54.5 Å². The van der Waals surface area contributed by atoms with Crippen molar-refractivity contribution in [2.45, 2.75) is 39.3 Å². The van der Waals surface area contributed by atoms with Gasteiger partial charge in [-0.2, -0.15) is 0 Å². The zero-order chi connectivity index (χ0) is 17.4. The van der Waals surface area contributed by atoms with Gasteiger partial charge in [0.05, 0.1) is 5.69 Å². The van der Waals surface area contributed by atoms with Gasteiger partial charge in [-0.1, -0.05) is 0 Å². The predicted octanol–water partition coefficient (Wildman–Crippen LogP) is 3.15. The van der Waals surface area contributed by atoms with Gasteiger partial charge in [0.25, 0.3) is 0 Å². The van der Waals surface area contributed by atoms with Crippen LogP contribution in [0.4, 0.5) is 0 Å². The molecule has 1 atom stereocenters. The monoisotopic (exact) mass is 462 g/mol. The summed E-state index contributed by atoms with van der Waals surface area (Å²) in [5.74, 6) is 0.284. The molecule has 0 aliphatic carbocycles. The summed E-state index contributed by atoms with van der Waals surface area (Å²) in [5.41, 5.74) is 1.11. The van der Waals surface area contributed by atoms with Crippen molar-refractivity contribution < 1.29 is 9.53 Å². The number of halogens is 3. The number of hydrogen-bond donors (Lipinski definition) is 1. The van der Waals surface area contributed by atoms with Crippen LogP contribution < -0.4 is 5.32 Å².